The summed E-state index contributed by atoms with van der Waals surface area (Å²) in [5, 5.41) is 3.10. The van der Waals surface area contributed by atoms with E-state index in [9.17, 15) is 8.78 Å². The van der Waals surface area contributed by atoms with Gasteiger partial charge in [0.15, 0.2) is 0 Å². The van der Waals surface area contributed by atoms with Crippen molar-refractivity contribution < 1.29 is 13.5 Å². The molecule has 0 aromatic heterocycles. The van der Waals surface area contributed by atoms with Crippen molar-refractivity contribution in [3.05, 3.63) is 0 Å². The summed E-state index contributed by atoms with van der Waals surface area (Å²) in [6.45, 7) is 5.92. The first-order chi connectivity index (χ1) is 5.52. The van der Waals surface area contributed by atoms with Gasteiger partial charge < -0.3 is 10.1 Å². The first kappa shape index (κ1) is 11.8. The second kappa shape index (κ2) is 6.31. The Balaban J connectivity index is 3.27. The lowest BCUT2D eigenvalue weighted by Crippen LogP contribution is -2.32. The number of halogens is 2. The summed E-state index contributed by atoms with van der Waals surface area (Å²) < 4.78 is 28.1. The largest absolute Gasteiger partial charge is 0.371 e. The fourth-order valence-electron chi connectivity index (χ4n) is 0.698. The van der Waals surface area contributed by atoms with E-state index in [1.54, 1.807) is 6.92 Å². The van der Waals surface area contributed by atoms with Gasteiger partial charge in [-0.1, -0.05) is 13.8 Å². The number of nitrogens with one attached hydrogen (secondary N) is 1. The summed E-state index contributed by atoms with van der Waals surface area (Å²) in [6, 6.07) is 0.364. The van der Waals surface area contributed by atoms with E-state index >= 15 is 0 Å². The number of alkyl halides is 2. The summed E-state index contributed by atoms with van der Waals surface area (Å²) in [5.41, 5.74) is 0. The van der Waals surface area contributed by atoms with Crippen LogP contribution >= 0.6 is 0 Å². The highest BCUT2D eigenvalue weighted by atomic mass is 19.3. The van der Waals surface area contributed by atoms with E-state index in [-0.39, 0.29) is 6.10 Å². The molecule has 1 N–H and O–H groups in total. The first-order valence-electron chi connectivity index (χ1n) is 4.15. The highest BCUT2D eigenvalue weighted by Crippen LogP contribution is 1.96. The van der Waals surface area contributed by atoms with Gasteiger partial charge in [-0.05, 0) is 6.92 Å². The second-order valence-electron chi connectivity index (χ2n) is 3.10. The van der Waals surface area contributed by atoms with Gasteiger partial charge in [0.2, 0.25) is 0 Å². The minimum atomic E-state index is -2.37. The van der Waals surface area contributed by atoms with Crippen molar-refractivity contribution >= 4 is 0 Å². The first-order valence-corrected chi connectivity index (χ1v) is 4.15. The van der Waals surface area contributed by atoms with Crippen LogP contribution in [-0.4, -0.2) is 31.7 Å². The maximum absolute atomic E-state index is 11.6. The van der Waals surface area contributed by atoms with Crippen LogP contribution in [0, 0.1) is 0 Å². The molecule has 0 aliphatic rings. The Morgan fingerprint density at radius 2 is 1.83 bits per heavy atom. The number of ether oxygens (including phenoxy) is 1. The zero-order chi connectivity index (χ0) is 9.56. The molecule has 0 spiro atoms. The Kier molecular flexibility index (Phi) is 6.20. The van der Waals surface area contributed by atoms with Crippen LogP contribution in [0.2, 0.25) is 0 Å². The second-order valence-corrected chi connectivity index (χ2v) is 3.10. The van der Waals surface area contributed by atoms with Crippen molar-refractivity contribution in [1.82, 2.24) is 5.32 Å². The topological polar surface area (TPSA) is 21.3 Å². The average Bonchev–Trinajstić information content (AvgIpc) is 1.96. The van der Waals surface area contributed by atoms with Gasteiger partial charge in [-0.25, -0.2) is 8.78 Å². The number of hydrogen-bond donors (Lipinski definition) is 1. The van der Waals surface area contributed by atoms with E-state index in [1.807, 2.05) is 13.8 Å². The predicted octanol–water partition coefficient (Wildman–Crippen LogP) is 1.65. The van der Waals surface area contributed by atoms with Gasteiger partial charge in [-0.15, -0.1) is 0 Å². The maximum Gasteiger partial charge on any atom is 0.261 e. The molecular weight excluding hydrogens is 164 g/mol. The monoisotopic (exact) mass is 181 g/mol. The third-order valence-electron chi connectivity index (χ3n) is 1.32. The molecule has 1 unspecified atom stereocenters. The van der Waals surface area contributed by atoms with E-state index in [1.165, 1.54) is 0 Å². The Bertz CT molecular complexity index is 97.2. The van der Waals surface area contributed by atoms with Crippen LogP contribution in [0.3, 0.4) is 0 Å². The third-order valence-corrected chi connectivity index (χ3v) is 1.32. The highest BCUT2D eigenvalue weighted by Gasteiger charge is 2.07. The molecule has 4 heteroatoms. The molecule has 2 nitrogen and oxygen atoms in total. The van der Waals surface area contributed by atoms with Crippen LogP contribution in [-0.2, 0) is 4.74 Å². The van der Waals surface area contributed by atoms with E-state index < -0.39 is 13.0 Å². The molecule has 12 heavy (non-hydrogen) atoms. The van der Waals surface area contributed by atoms with Gasteiger partial charge in [0.25, 0.3) is 6.43 Å². The Morgan fingerprint density at radius 3 is 2.25 bits per heavy atom. The summed E-state index contributed by atoms with van der Waals surface area (Å²) >= 11 is 0. The Morgan fingerprint density at radius 1 is 1.25 bits per heavy atom. The van der Waals surface area contributed by atoms with E-state index in [0.717, 1.165) is 0 Å². The molecule has 0 saturated carbocycles. The predicted molar refractivity (Wildman–Crippen MR) is 44.6 cm³/mol. The van der Waals surface area contributed by atoms with Crippen molar-refractivity contribution in [2.45, 2.75) is 39.3 Å². The van der Waals surface area contributed by atoms with Crippen LogP contribution in [0.15, 0.2) is 0 Å². The molecule has 0 aliphatic carbocycles. The fourth-order valence-corrected chi connectivity index (χ4v) is 0.698. The van der Waals surface area contributed by atoms with Crippen molar-refractivity contribution in [3.63, 3.8) is 0 Å². The summed E-state index contributed by atoms with van der Waals surface area (Å²) in [7, 11) is 0. The Labute approximate surface area is 72.3 Å². The van der Waals surface area contributed by atoms with Crippen molar-refractivity contribution in [2.75, 3.05) is 13.2 Å². The molecule has 0 heterocycles. The van der Waals surface area contributed by atoms with Crippen LogP contribution in [0.1, 0.15) is 20.8 Å². The van der Waals surface area contributed by atoms with E-state index in [0.29, 0.717) is 12.6 Å². The van der Waals surface area contributed by atoms with Crippen molar-refractivity contribution in [3.8, 4) is 0 Å². The van der Waals surface area contributed by atoms with Crippen LogP contribution in [0.4, 0.5) is 8.78 Å². The molecule has 0 fully saturated rings. The molecular formula is C8H17F2NO. The van der Waals surface area contributed by atoms with Gasteiger partial charge in [-0.2, -0.15) is 0 Å². The maximum atomic E-state index is 11.6. The van der Waals surface area contributed by atoms with Gasteiger partial charge in [-0.3, -0.25) is 0 Å². The van der Waals surface area contributed by atoms with Crippen LogP contribution < -0.4 is 5.32 Å². The smallest absolute Gasteiger partial charge is 0.261 e. The SMILES string of the molecule is CC(C)NCC(C)OCC(F)F. The van der Waals surface area contributed by atoms with Crippen LogP contribution in [0.25, 0.3) is 0 Å². The third kappa shape index (κ3) is 7.88. The lowest BCUT2D eigenvalue weighted by atomic mass is 10.3. The molecule has 0 radical (unpaired) electrons. The molecule has 0 aromatic carbocycles. The number of rotatable bonds is 6. The molecule has 74 valence electrons. The standard InChI is InChI=1S/C8H17F2NO/c1-6(2)11-4-7(3)12-5-8(9)10/h6-8,11H,4-5H2,1-3H3. The zero-order valence-electron chi connectivity index (χ0n) is 7.81. The minimum Gasteiger partial charge on any atom is -0.371 e. The summed E-state index contributed by atoms with van der Waals surface area (Å²) in [6.07, 6.45) is -2.52. The molecule has 0 aliphatic heterocycles. The van der Waals surface area contributed by atoms with Crippen LogP contribution in [0.5, 0.6) is 0 Å². The van der Waals surface area contributed by atoms with Gasteiger partial charge >= 0.3 is 0 Å². The van der Waals surface area contributed by atoms with Crippen molar-refractivity contribution in [1.29, 1.82) is 0 Å². The molecule has 0 bridgehead atoms. The average molecular weight is 181 g/mol. The Hall–Kier alpha value is -0.220. The lowest BCUT2D eigenvalue weighted by Gasteiger charge is -2.15. The van der Waals surface area contributed by atoms with Gasteiger partial charge in [0.05, 0.1) is 6.10 Å². The van der Waals surface area contributed by atoms with E-state index in [4.69, 9.17) is 4.74 Å². The fraction of sp³-hybridized carbons (Fsp3) is 1.00. The quantitative estimate of drug-likeness (QED) is 0.672. The van der Waals surface area contributed by atoms with E-state index in [2.05, 4.69) is 5.32 Å². The summed E-state index contributed by atoms with van der Waals surface area (Å²) in [5.74, 6) is 0. The highest BCUT2D eigenvalue weighted by molar-refractivity contribution is 4.58. The molecule has 0 saturated heterocycles. The number of hydrogen-bond acceptors (Lipinski definition) is 2. The lowest BCUT2D eigenvalue weighted by molar-refractivity contribution is -0.0168. The van der Waals surface area contributed by atoms with Gasteiger partial charge in [0, 0.05) is 12.6 Å². The molecule has 0 aromatic rings. The molecule has 1 atom stereocenters. The molecule has 0 rings (SSSR count). The zero-order valence-corrected chi connectivity index (χ0v) is 7.81. The van der Waals surface area contributed by atoms with Crippen molar-refractivity contribution in [2.24, 2.45) is 0 Å². The molecule has 0 amide bonds. The van der Waals surface area contributed by atoms with Gasteiger partial charge in [0.1, 0.15) is 6.61 Å². The summed E-state index contributed by atoms with van der Waals surface area (Å²) in [4.78, 5) is 0. The minimum absolute atomic E-state index is 0.151. The normalized spacial score (nSPS) is 14.2.